The number of allylic oxidation sites excluding steroid dienone is 1. The number of carbonyl (C=O) groups is 2. The lowest BCUT2D eigenvalue weighted by atomic mass is 9.93. The smallest absolute Gasteiger partial charge is 0.347 e. The Labute approximate surface area is 150 Å². The van der Waals surface area contributed by atoms with E-state index >= 15 is 0 Å². The van der Waals surface area contributed by atoms with E-state index in [2.05, 4.69) is 26.1 Å². The van der Waals surface area contributed by atoms with Gasteiger partial charge in [-0.2, -0.15) is 0 Å². The Bertz CT molecular complexity index is 668. The minimum atomic E-state index is -0.679. The maximum atomic E-state index is 12.2. The molecule has 0 aliphatic rings. The van der Waals surface area contributed by atoms with Crippen LogP contribution in [0.1, 0.15) is 48.6 Å². The molecular formula is C20H29NO4. The van der Waals surface area contributed by atoms with E-state index in [1.54, 1.807) is 20.8 Å². The average molecular weight is 347 g/mol. The number of hydrogen-bond donors (Lipinski definition) is 1. The van der Waals surface area contributed by atoms with Crippen LogP contribution in [0, 0.1) is 34.6 Å². The van der Waals surface area contributed by atoms with Gasteiger partial charge in [-0.3, -0.25) is 0 Å². The van der Waals surface area contributed by atoms with E-state index in [0.29, 0.717) is 5.70 Å². The van der Waals surface area contributed by atoms with Crippen LogP contribution in [0.5, 0.6) is 0 Å². The lowest BCUT2D eigenvalue weighted by Gasteiger charge is -2.21. The van der Waals surface area contributed by atoms with Gasteiger partial charge in [0.1, 0.15) is 0 Å². The van der Waals surface area contributed by atoms with Gasteiger partial charge in [-0.25, -0.2) is 9.59 Å². The van der Waals surface area contributed by atoms with Gasteiger partial charge >= 0.3 is 11.9 Å². The minimum Gasteiger partial charge on any atom is -0.462 e. The summed E-state index contributed by atoms with van der Waals surface area (Å²) in [5.41, 5.74) is 7.03. The molecule has 0 spiro atoms. The predicted molar refractivity (Wildman–Crippen MR) is 99.7 cm³/mol. The van der Waals surface area contributed by atoms with Crippen molar-refractivity contribution < 1.29 is 19.1 Å². The standard InChI is InChI=1S/C20H29NO4/c1-9-24-19(22)17(20(23)25-10-2)16(8)21-18-14(6)12(4)11(3)13(5)15(18)7/h21H,9-10H2,1-8H3. The van der Waals surface area contributed by atoms with Crippen molar-refractivity contribution in [3.8, 4) is 0 Å². The highest BCUT2D eigenvalue weighted by Gasteiger charge is 2.25. The summed E-state index contributed by atoms with van der Waals surface area (Å²) in [4.78, 5) is 24.5. The van der Waals surface area contributed by atoms with Gasteiger partial charge in [0.05, 0.1) is 13.2 Å². The third kappa shape index (κ3) is 4.41. The molecule has 0 saturated heterocycles. The molecule has 5 heteroatoms. The van der Waals surface area contributed by atoms with Crippen molar-refractivity contribution in [3.63, 3.8) is 0 Å². The summed E-state index contributed by atoms with van der Waals surface area (Å²) in [6, 6.07) is 0. The molecule has 0 unspecified atom stereocenters. The molecular weight excluding hydrogens is 318 g/mol. The first-order chi connectivity index (χ1) is 11.7. The van der Waals surface area contributed by atoms with E-state index in [1.165, 1.54) is 16.7 Å². The van der Waals surface area contributed by atoms with Gasteiger partial charge in [0.25, 0.3) is 0 Å². The quantitative estimate of drug-likeness (QED) is 0.364. The molecule has 138 valence electrons. The van der Waals surface area contributed by atoms with Crippen molar-refractivity contribution in [2.75, 3.05) is 18.5 Å². The Hall–Kier alpha value is -2.30. The molecule has 1 N–H and O–H groups in total. The molecule has 25 heavy (non-hydrogen) atoms. The third-order valence-electron chi connectivity index (χ3n) is 4.65. The Morgan fingerprint density at radius 1 is 0.760 bits per heavy atom. The van der Waals surface area contributed by atoms with E-state index in [9.17, 15) is 9.59 Å². The van der Waals surface area contributed by atoms with Crippen LogP contribution in [-0.2, 0) is 19.1 Å². The van der Waals surface area contributed by atoms with E-state index in [4.69, 9.17) is 9.47 Å². The Kier molecular flexibility index (Phi) is 7.22. The van der Waals surface area contributed by atoms with Gasteiger partial charge < -0.3 is 14.8 Å². The number of esters is 2. The fraction of sp³-hybridized carbons (Fsp3) is 0.500. The van der Waals surface area contributed by atoms with Crippen LogP contribution >= 0.6 is 0 Å². The average Bonchev–Trinajstić information content (AvgIpc) is 2.56. The molecule has 0 saturated carbocycles. The van der Waals surface area contributed by atoms with Crippen LogP contribution < -0.4 is 5.32 Å². The van der Waals surface area contributed by atoms with E-state index in [-0.39, 0.29) is 18.8 Å². The van der Waals surface area contributed by atoms with Crippen molar-refractivity contribution in [2.45, 2.75) is 55.4 Å². The Balaban J connectivity index is 3.44. The summed E-state index contributed by atoms with van der Waals surface area (Å²) < 4.78 is 10.0. The SMILES string of the molecule is CCOC(=O)C(C(=O)OCC)=C(C)Nc1c(C)c(C)c(C)c(C)c1C. The minimum absolute atomic E-state index is 0.0987. The monoisotopic (exact) mass is 347 g/mol. The van der Waals surface area contributed by atoms with Gasteiger partial charge in [0, 0.05) is 11.4 Å². The van der Waals surface area contributed by atoms with Crippen LogP contribution in [0.3, 0.4) is 0 Å². The molecule has 0 atom stereocenters. The second-order valence-corrected chi connectivity index (χ2v) is 6.07. The zero-order valence-corrected chi connectivity index (χ0v) is 16.5. The lowest BCUT2D eigenvalue weighted by Crippen LogP contribution is -2.22. The lowest BCUT2D eigenvalue weighted by molar-refractivity contribution is -0.146. The zero-order valence-electron chi connectivity index (χ0n) is 16.5. The van der Waals surface area contributed by atoms with Crippen molar-refractivity contribution >= 4 is 17.6 Å². The molecule has 0 amide bonds. The molecule has 0 bridgehead atoms. The highest BCUT2D eigenvalue weighted by atomic mass is 16.6. The Morgan fingerprint density at radius 2 is 1.12 bits per heavy atom. The number of anilines is 1. The number of ether oxygens (including phenoxy) is 2. The number of hydrogen-bond acceptors (Lipinski definition) is 5. The van der Waals surface area contributed by atoms with Gasteiger partial charge in [-0.1, -0.05) is 0 Å². The van der Waals surface area contributed by atoms with E-state index < -0.39 is 11.9 Å². The number of carbonyl (C=O) groups excluding carboxylic acids is 2. The van der Waals surface area contributed by atoms with Crippen molar-refractivity contribution in [1.29, 1.82) is 0 Å². The first-order valence-electron chi connectivity index (χ1n) is 8.56. The van der Waals surface area contributed by atoms with Crippen LogP contribution in [0.15, 0.2) is 11.3 Å². The second kappa shape index (κ2) is 8.70. The highest BCUT2D eigenvalue weighted by molar-refractivity contribution is 6.15. The van der Waals surface area contributed by atoms with E-state index in [0.717, 1.165) is 16.8 Å². The van der Waals surface area contributed by atoms with Crippen molar-refractivity contribution in [2.24, 2.45) is 0 Å². The summed E-state index contributed by atoms with van der Waals surface area (Å²) >= 11 is 0. The molecule has 0 heterocycles. The molecule has 0 aliphatic heterocycles. The summed E-state index contributed by atoms with van der Waals surface area (Å²) in [6.45, 7) is 15.8. The third-order valence-corrected chi connectivity index (χ3v) is 4.65. The summed E-state index contributed by atoms with van der Waals surface area (Å²) in [5.74, 6) is -1.36. The van der Waals surface area contributed by atoms with Crippen LogP contribution in [0.2, 0.25) is 0 Å². The number of nitrogens with one attached hydrogen (secondary N) is 1. The van der Waals surface area contributed by atoms with Gasteiger partial charge in [-0.05, 0) is 83.2 Å². The summed E-state index contributed by atoms with van der Waals surface area (Å²) in [7, 11) is 0. The zero-order chi connectivity index (χ0) is 19.3. The molecule has 0 fully saturated rings. The molecule has 0 radical (unpaired) electrons. The maximum absolute atomic E-state index is 12.2. The predicted octanol–water partition coefficient (Wildman–Crippen LogP) is 4.04. The van der Waals surface area contributed by atoms with Gasteiger partial charge in [0.15, 0.2) is 5.57 Å². The molecule has 0 aromatic heterocycles. The van der Waals surface area contributed by atoms with Crippen molar-refractivity contribution in [1.82, 2.24) is 0 Å². The second-order valence-electron chi connectivity index (χ2n) is 6.07. The van der Waals surface area contributed by atoms with Crippen LogP contribution in [-0.4, -0.2) is 25.2 Å². The fourth-order valence-electron chi connectivity index (χ4n) is 2.73. The first kappa shape index (κ1) is 20.7. The first-order valence-corrected chi connectivity index (χ1v) is 8.56. The van der Waals surface area contributed by atoms with Gasteiger partial charge in [-0.15, -0.1) is 0 Å². The molecule has 5 nitrogen and oxygen atoms in total. The maximum Gasteiger partial charge on any atom is 0.347 e. The van der Waals surface area contributed by atoms with E-state index in [1.807, 2.05) is 13.8 Å². The van der Waals surface area contributed by atoms with Gasteiger partial charge in [0.2, 0.25) is 0 Å². The summed E-state index contributed by atoms with van der Waals surface area (Å²) in [5, 5.41) is 3.24. The van der Waals surface area contributed by atoms with Crippen molar-refractivity contribution in [3.05, 3.63) is 39.1 Å². The molecule has 0 aliphatic carbocycles. The van der Waals surface area contributed by atoms with Crippen LogP contribution in [0.25, 0.3) is 0 Å². The number of benzene rings is 1. The molecule has 1 rings (SSSR count). The molecule has 1 aromatic rings. The largest absolute Gasteiger partial charge is 0.462 e. The fourth-order valence-corrected chi connectivity index (χ4v) is 2.73. The summed E-state index contributed by atoms with van der Waals surface area (Å²) in [6.07, 6.45) is 0. The number of rotatable bonds is 6. The Morgan fingerprint density at radius 3 is 1.48 bits per heavy atom. The topological polar surface area (TPSA) is 64.6 Å². The van der Waals surface area contributed by atoms with Crippen LogP contribution in [0.4, 0.5) is 5.69 Å². The molecule has 1 aromatic carbocycles. The normalized spacial score (nSPS) is 10.2. The highest BCUT2D eigenvalue weighted by Crippen LogP contribution is 2.31.